The molecule has 0 radical (unpaired) electrons. The molecule has 1 amide bonds. The highest BCUT2D eigenvalue weighted by molar-refractivity contribution is 5.97. The van der Waals surface area contributed by atoms with Crippen molar-refractivity contribution in [2.75, 3.05) is 6.54 Å². The smallest absolute Gasteiger partial charge is 0.422 e. The average molecular weight is 336 g/mol. The monoisotopic (exact) mass is 336 g/mol. The molecule has 0 heterocycles. The van der Waals surface area contributed by atoms with Gasteiger partial charge in [-0.25, -0.2) is 14.6 Å². The number of amides is 1. The summed E-state index contributed by atoms with van der Waals surface area (Å²) in [6.07, 6.45) is -5.75. The lowest BCUT2D eigenvalue weighted by Gasteiger charge is -2.19. The fraction of sp³-hybridized carbons (Fsp3) is 0.429. The number of benzene rings is 1. The molecule has 0 aliphatic heterocycles. The molecule has 0 saturated carbocycles. The normalized spacial score (nSPS) is 12.0. The average Bonchev–Trinajstić information content (AvgIpc) is 2.35. The Morgan fingerprint density at radius 1 is 1.17 bits per heavy atom. The third-order valence-corrected chi connectivity index (χ3v) is 2.43. The van der Waals surface area contributed by atoms with E-state index in [1.807, 2.05) is 0 Å². The number of alkyl halides is 3. The first kappa shape index (κ1) is 18.9. The fourth-order valence-electron chi connectivity index (χ4n) is 1.52. The van der Waals surface area contributed by atoms with Gasteiger partial charge in [0.05, 0.1) is 12.1 Å². The maximum absolute atomic E-state index is 13.1. The van der Waals surface area contributed by atoms with E-state index in [0.29, 0.717) is 12.1 Å². The standard InChI is InChI=1S/C14H16F4N2O3/c1-13(2,3)23-12(22)20-19-7-11(21)8-4-5-10(15)9(6-8)14(16,17)18/h4-6,19H,7H2,1-3H3,(H,20,22). The lowest BCUT2D eigenvalue weighted by atomic mass is 10.1. The summed E-state index contributed by atoms with van der Waals surface area (Å²) in [5.74, 6) is -2.22. The van der Waals surface area contributed by atoms with Gasteiger partial charge < -0.3 is 4.74 Å². The summed E-state index contributed by atoms with van der Waals surface area (Å²) in [4.78, 5) is 23.1. The van der Waals surface area contributed by atoms with Crippen LogP contribution >= 0.6 is 0 Å². The van der Waals surface area contributed by atoms with Crippen LogP contribution in [0.25, 0.3) is 0 Å². The molecule has 5 nitrogen and oxygen atoms in total. The first-order chi connectivity index (χ1) is 10.4. The molecule has 0 unspecified atom stereocenters. The number of hydrogen-bond acceptors (Lipinski definition) is 4. The minimum absolute atomic E-state index is 0.336. The van der Waals surface area contributed by atoms with Gasteiger partial charge in [-0.1, -0.05) is 0 Å². The minimum atomic E-state index is -4.90. The molecule has 1 aromatic rings. The second-order valence-corrected chi connectivity index (χ2v) is 5.60. The first-order valence-corrected chi connectivity index (χ1v) is 6.52. The van der Waals surface area contributed by atoms with E-state index in [9.17, 15) is 27.2 Å². The van der Waals surface area contributed by atoms with Crippen molar-refractivity contribution in [3.8, 4) is 0 Å². The summed E-state index contributed by atoms with van der Waals surface area (Å²) in [5.41, 5.74) is 1.70. The fourth-order valence-corrected chi connectivity index (χ4v) is 1.52. The molecular weight excluding hydrogens is 320 g/mol. The number of halogens is 4. The number of hydrogen-bond donors (Lipinski definition) is 2. The number of nitrogens with one attached hydrogen (secondary N) is 2. The van der Waals surface area contributed by atoms with Gasteiger partial charge in [0, 0.05) is 5.56 Å². The molecule has 9 heteroatoms. The van der Waals surface area contributed by atoms with Crippen LogP contribution in [0.15, 0.2) is 18.2 Å². The number of ether oxygens (including phenoxy) is 1. The minimum Gasteiger partial charge on any atom is -0.443 e. The quantitative estimate of drug-likeness (QED) is 0.504. The van der Waals surface area contributed by atoms with Gasteiger partial charge >= 0.3 is 12.3 Å². The lowest BCUT2D eigenvalue weighted by Crippen LogP contribution is -2.43. The van der Waals surface area contributed by atoms with Crippen molar-refractivity contribution in [2.45, 2.75) is 32.5 Å². The van der Waals surface area contributed by atoms with Gasteiger partial charge in [0.25, 0.3) is 0 Å². The highest BCUT2D eigenvalue weighted by atomic mass is 19.4. The van der Waals surface area contributed by atoms with E-state index in [1.54, 1.807) is 20.8 Å². The van der Waals surface area contributed by atoms with E-state index in [2.05, 4.69) is 10.9 Å². The Morgan fingerprint density at radius 3 is 2.30 bits per heavy atom. The summed E-state index contributed by atoms with van der Waals surface area (Å²) >= 11 is 0. The van der Waals surface area contributed by atoms with Gasteiger partial charge in [-0.2, -0.15) is 13.2 Å². The van der Waals surface area contributed by atoms with Crippen LogP contribution < -0.4 is 10.9 Å². The van der Waals surface area contributed by atoms with Crippen LogP contribution in [0.3, 0.4) is 0 Å². The molecule has 2 N–H and O–H groups in total. The molecule has 0 spiro atoms. The van der Waals surface area contributed by atoms with Crippen molar-refractivity contribution in [3.05, 3.63) is 35.1 Å². The van der Waals surface area contributed by atoms with Crippen molar-refractivity contribution in [1.29, 1.82) is 0 Å². The summed E-state index contributed by atoms with van der Waals surface area (Å²) in [6, 6.07) is 1.92. The number of carbonyl (C=O) groups excluding carboxylic acids is 2. The van der Waals surface area contributed by atoms with Crippen LogP contribution in [0.4, 0.5) is 22.4 Å². The van der Waals surface area contributed by atoms with E-state index in [4.69, 9.17) is 4.74 Å². The largest absolute Gasteiger partial charge is 0.443 e. The maximum Gasteiger partial charge on any atom is 0.422 e. The molecule has 0 bridgehead atoms. The molecule has 1 aromatic carbocycles. The molecular formula is C14H16F4N2O3. The Morgan fingerprint density at radius 2 is 1.78 bits per heavy atom. The summed E-state index contributed by atoms with van der Waals surface area (Å²) in [5, 5.41) is 0. The Balaban J connectivity index is 2.64. The van der Waals surface area contributed by atoms with Gasteiger partial charge in [0.1, 0.15) is 11.4 Å². The van der Waals surface area contributed by atoms with Crippen LogP contribution in [-0.2, 0) is 10.9 Å². The van der Waals surface area contributed by atoms with Gasteiger partial charge in [-0.15, -0.1) is 0 Å². The highest BCUT2D eigenvalue weighted by Crippen LogP contribution is 2.31. The summed E-state index contributed by atoms with van der Waals surface area (Å²) in [6.45, 7) is 4.42. The van der Waals surface area contributed by atoms with E-state index in [0.717, 1.165) is 6.07 Å². The van der Waals surface area contributed by atoms with Gasteiger partial charge in [0.15, 0.2) is 5.78 Å². The number of hydrazine groups is 1. The molecule has 23 heavy (non-hydrogen) atoms. The Hall–Kier alpha value is -2.16. The Kier molecular flexibility index (Phi) is 5.70. The second-order valence-electron chi connectivity index (χ2n) is 5.60. The predicted octanol–water partition coefficient (Wildman–Crippen LogP) is 3.06. The first-order valence-electron chi connectivity index (χ1n) is 6.52. The van der Waals surface area contributed by atoms with Crippen molar-refractivity contribution in [2.24, 2.45) is 0 Å². The zero-order chi connectivity index (χ0) is 17.8. The number of Topliss-reactive ketones (excluding diaryl/α,β-unsaturated/α-hetero) is 1. The van der Waals surface area contributed by atoms with Crippen LogP contribution in [0, 0.1) is 5.82 Å². The highest BCUT2D eigenvalue weighted by Gasteiger charge is 2.34. The molecule has 0 fully saturated rings. The van der Waals surface area contributed by atoms with E-state index in [1.165, 1.54) is 0 Å². The summed E-state index contributed by atoms with van der Waals surface area (Å²) < 4.78 is 55.7. The van der Waals surface area contributed by atoms with Crippen molar-refractivity contribution < 1.29 is 31.9 Å². The number of carbonyl (C=O) groups is 2. The molecule has 0 atom stereocenters. The van der Waals surface area contributed by atoms with Crippen LogP contribution in [-0.4, -0.2) is 24.0 Å². The van der Waals surface area contributed by atoms with Crippen LogP contribution in [0.1, 0.15) is 36.7 Å². The molecule has 128 valence electrons. The number of rotatable bonds is 4. The Bertz CT molecular complexity index is 595. The molecule has 0 saturated heterocycles. The van der Waals surface area contributed by atoms with Crippen molar-refractivity contribution in [3.63, 3.8) is 0 Å². The molecule has 0 aliphatic carbocycles. The molecule has 0 aromatic heterocycles. The maximum atomic E-state index is 13.1. The van der Waals surface area contributed by atoms with E-state index < -0.39 is 41.6 Å². The SMILES string of the molecule is CC(C)(C)OC(=O)NNCC(=O)c1ccc(F)c(C(F)(F)F)c1. The third kappa shape index (κ3) is 6.23. The third-order valence-electron chi connectivity index (χ3n) is 2.43. The van der Waals surface area contributed by atoms with Gasteiger partial charge in [0.2, 0.25) is 0 Å². The van der Waals surface area contributed by atoms with Crippen LogP contribution in [0.2, 0.25) is 0 Å². The lowest BCUT2D eigenvalue weighted by molar-refractivity contribution is -0.140. The number of ketones is 1. The van der Waals surface area contributed by atoms with E-state index >= 15 is 0 Å². The zero-order valence-electron chi connectivity index (χ0n) is 12.7. The topological polar surface area (TPSA) is 67.4 Å². The van der Waals surface area contributed by atoms with E-state index in [-0.39, 0.29) is 5.56 Å². The van der Waals surface area contributed by atoms with Gasteiger partial charge in [-0.3, -0.25) is 10.2 Å². The summed E-state index contributed by atoms with van der Waals surface area (Å²) in [7, 11) is 0. The molecule has 0 aliphatic rings. The second kappa shape index (κ2) is 6.95. The predicted molar refractivity (Wildman–Crippen MR) is 73.1 cm³/mol. The zero-order valence-corrected chi connectivity index (χ0v) is 12.7. The van der Waals surface area contributed by atoms with Crippen molar-refractivity contribution in [1.82, 2.24) is 10.9 Å². The Labute approximate surface area is 130 Å². The van der Waals surface area contributed by atoms with Crippen molar-refractivity contribution >= 4 is 11.9 Å². The van der Waals surface area contributed by atoms with Crippen LogP contribution in [0.5, 0.6) is 0 Å². The molecule has 1 rings (SSSR count). The van der Waals surface area contributed by atoms with Gasteiger partial charge in [-0.05, 0) is 39.0 Å².